The van der Waals surface area contributed by atoms with E-state index >= 15 is 0 Å². The molecule has 2 aromatic rings. The molecule has 1 unspecified atom stereocenters. The zero-order valence-corrected chi connectivity index (χ0v) is 12.2. The molecule has 0 aliphatic rings. The Hall–Kier alpha value is -0.910. The predicted octanol–water partition coefficient (Wildman–Crippen LogP) is 3.28. The molecular weight excluding hydrogens is 262 g/mol. The maximum atomic E-state index is 6.06. The molecule has 1 atom stereocenters. The summed E-state index contributed by atoms with van der Waals surface area (Å²) in [6.45, 7) is 4.23. The third-order valence-electron chi connectivity index (χ3n) is 2.76. The summed E-state index contributed by atoms with van der Waals surface area (Å²) in [5.74, 6) is 0. The van der Waals surface area contributed by atoms with Gasteiger partial charge in [0, 0.05) is 10.9 Å². The summed E-state index contributed by atoms with van der Waals surface area (Å²) in [6.07, 6.45) is 1.91. The van der Waals surface area contributed by atoms with Crippen molar-refractivity contribution in [1.82, 2.24) is 10.2 Å². The minimum Gasteiger partial charge on any atom is -0.327 e. The van der Waals surface area contributed by atoms with Crippen LogP contribution < -0.4 is 5.73 Å². The van der Waals surface area contributed by atoms with Gasteiger partial charge in [-0.15, -0.1) is 10.2 Å². The van der Waals surface area contributed by atoms with E-state index in [-0.39, 0.29) is 6.04 Å². The Balaban J connectivity index is 2.22. The van der Waals surface area contributed by atoms with Gasteiger partial charge in [-0.3, -0.25) is 0 Å². The first-order chi connectivity index (χ1) is 8.69. The Morgan fingerprint density at radius 1 is 1.44 bits per heavy atom. The van der Waals surface area contributed by atoms with Crippen LogP contribution in [0, 0.1) is 6.92 Å². The third kappa shape index (κ3) is 3.54. The first kappa shape index (κ1) is 13.5. The van der Waals surface area contributed by atoms with E-state index in [9.17, 15) is 0 Å². The summed E-state index contributed by atoms with van der Waals surface area (Å²) in [4.78, 5) is 1.24. The molecule has 0 bridgehead atoms. The molecule has 0 aliphatic carbocycles. The highest BCUT2D eigenvalue weighted by Crippen LogP contribution is 2.32. The molecule has 0 radical (unpaired) electrons. The molecule has 2 rings (SSSR count). The highest BCUT2D eigenvalue weighted by atomic mass is 32.2. The Labute approximate surface area is 116 Å². The molecule has 1 heterocycles. The second-order valence-corrected chi connectivity index (χ2v) is 6.41. The van der Waals surface area contributed by atoms with Crippen molar-refractivity contribution in [3.8, 4) is 0 Å². The van der Waals surface area contributed by atoms with Crippen LogP contribution in [-0.4, -0.2) is 16.2 Å². The molecule has 18 heavy (non-hydrogen) atoms. The first-order valence-electron chi connectivity index (χ1n) is 5.98. The largest absolute Gasteiger partial charge is 0.327 e. The minimum atomic E-state index is 0.223. The molecule has 1 aromatic carbocycles. The fraction of sp³-hybridized carbons (Fsp3) is 0.385. The lowest BCUT2D eigenvalue weighted by Crippen LogP contribution is -2.21. The number of aryl methyl sites for hydroxylation is 1. The Morgan fingerprint density at radius 3 is 2.94 bits per heavy atom. The molecule has 0 saturated carbocycles. The van der Waals surface area contributed by atoms with Crippen LogP contribution in [0.5, 0.6) is 0 Å². The van der Waals surface area contributed by atoms with Gasteiger partial charge in [0.1, 0.15) is 5.51 Å². The zero-order valence-electron chi connectivity index (χ0n) is 10.6. The lowest BCUT2D eigenvalue weighted by Gasteiger charge is -2.13. The highest BCUT2D eigenvalue weighted by molar-refractivity contribution is 8.01. The van der Waals surface area contributed by atoms with Crippen molar-refractivity contribution in [2.75, 3.05) is 0 Å². The van der Waals surface area contributed by atoms with Crippen LogP contribution >= 0.6 is 23.1 Å². The van der Waals surface area contributed by atoms with Crippen molar-refractivity contribution in [3.05, 3.63) is 34.8 Å². The second-order valence-electron chi connectivity index (χ2n) is 4.29. The maximum absolute atomic E-state index is 6.06. The molecule has 5 heteroatoms. The zero-order chi connectivity index (χ0) is 13.0. The molecule has 0 spiro atoms. The molecular formula is C13H17N3S2. The van der Waals surface area contributed by atoms with Gasteiger partial charge in [-0.05, 0) is 31.4 Å². The van der Waals surface area contributed by atoms with Crippen LogP contribution in [0.25, 0.3) is 0 Å². The standard InChI is InChI=1S/C13H17N3S2/c1-3-11(14)7-10-6-9(2)4-5-12(10)18-13-16-15-8-17-13/h4-6,8,11H,3,7,14H2,1-2H3. The van der Waals surface area contributed by atoms with Gasteiger partial charge in [-0.2, -0.15) is 0 Å². The number of hydrogen-bond acceptors (Lipinski definition) is 5. The summed E-state index contributed by atoms with van der Waals surface area (Å²) in [7, 11) is 0. The summed E-state index contributed by atoms with van der Waals surface area (Å²) in [5, 5.41) is 7.94. The van der Waals surface area contributed by atoms with Gasteiger partial charge in [-0.1, -0.05) is 47.7 Å². The van der Waals surface area contributed by atoms with Crippen LogP contribution in [0.1, 0.15) is 24.5 Å². The van der Waals surface area contributed by atoms with Crippen LogP contribution in [-0.2, 0) is 6.42 Å². The average Bonchev–Trinajstić information content (AvgIpc) is 2.85. The predicted molar refractivity (Wildman–Crippen MR) is 77.2 cm³/mol. The number of nitrogens with zero attached hydrogens (tertiary/aromatic N) is 2. The Kier molecular flexibility index (Phi) is 4.74. The molecule has 3 nitrogen and oxygen atoms in total. The van der Waals surface area contributed by atoms with Gasteiger partial charge < -0.3 is 5.73 Å². The van der Waals surface area contributed by atoms with Crippen LogP contribution in [0.3, 0.4) is 0 Å². The van der Waals surface area contributed by atoms with E-state index in [0.29, 0.717) is 0 Å². The summed E-state index contributed by atoms with van der Waals surface area (Å²) in [5.41, 5.74) is 10.4. The van der Waals surface area contributed by atoms with Crippen molar-refractivity contribution in [3.63, 3.8) is 0 Å². The van der Waals surface area contributed by atoms with Crippen LogP contribution in [0.4, 0.5) is 0 Å². The molecule has 2 N–H and O–H groups in total. The fourth-order valence-corrected chi connectivity index (χ4v) is 3.25. The van der Waals surface area contributed by atoms with Crippen molar-refractivity contribution in [1.29, 1.82) is 0 Å². The monoisotopic (exact) mass is 279 g/mol. The van der Waals surface area contributed by atoms with E-state index < -0.39 is 0 Å². The molecule has 0 amide bonds. The van der Waals surface area contributed by atoms with E-state index in [1.807, 2.05) is 0 Å². The van der Waals surface area contributed by atoms with E-state index in [1.54, 1.807) is 28.6 Å². The lowest BCUT2D eigenvalue weighted by molar-refractivity contribution is 0.641. The van der Waals surface area contributed by atoms with E-state index in [1.165, 1.54) is 16.0 Å². The summed E-state index contributed by atoms with van der Waals surface area (Å²) in [6, 6.07) is 6.73. The SMILES string of the molecule is CCC(N)Cc1cc(C)ccc1Sc1nncs1. The van der Waals surface area contributed by atoms with Gasteiger partial charge in [0.15, 0.2) is 4.34 Å². The normalized spacial score (nSPS) is 12.6. The van der Waals surface area contributed by atoms with E-state index in [2.05, 4.69) is 42.2 Å². The van der Waals surface area contributed by atoms with E-state index in [4.69, 9.17) is 5.73 Å². The minimum absolute atomic E-state index is 0.223. The van der Waals surface area contributed by atoms with E-state index in [0.717, 1.165) is 17.2 Å². The number of benzene rings is 1. The molecule has 96 valence electrons. The summed E-state index contributed by atoms with van der Waals surface area (Å²) >= 11 is 3.24. The van der Waals surface area contributed by atoms with Crippen molar-refractivity contribution >= 4 is 23.1 Å². The van der Waals surface area contributed by atoms with Crippen molar-refractivity contribution in [2.45, 2.75) is 42.0 Å². The summed E-state index contributed by atoms with van der Waals surface area (Å²) < 4.78 is 0.977. The molecule has 0 aliphatic heterocycles. The number of hydrogen-bond donors (Lipinski definition) is 1. The third-order valence-corrected chi connectivity index (χ3v) is 4.66. The smallest absolute Gasteiger partial charge is 0.178 e. The van der Waals surface area contributed by atoms with Crippen LogP contribution in [0.2, 0.25) is 0 Å². The topological polar surface area (TPSA) is 51.8 Å². The number of nitrogens with two attached hydrogens (primary N) is 1. The fourth-order valence-electron chi connectivity index (χ4n) is 1.70. The number of rotatable bonds is 5. The van der Waals surface area contributed by atoms with Crippen molar-refractivity contribution in [2.24, 2.45) is 5.73 Å². The Morgan fingerprint density at radius 2 is 2.28 bits per heavy atom. The van der Waals surface area contributed by atoms with Gasteiger partial charge in [0.25, 0.3) is 0 Å². The van der Waals surface area contributed by atoms with Gasteiger partial charge in [0.2, 0.25) is 0 Å². The van der Waals surface area contributed by atoms with Gasteiger partial charge in [0.05, 0.1) is 0 Å². The second kappa shape index (κ2) is 6.31. The maximum Gasteiger partial charge on any atom is 0.178 e. The van der Waals surface area contributed by atoms with Gasteiger partial charge >= 0.3 is 0 Å². The quantitative estimate of drug-likeness (QED) is 0.912. The Bertz CT molecular complexity index is 497. The van der Waals surface area contributed by atoms with Crippen molar-refractivity contribution < 1.29 is 0 Å². The van der Waals surface area contributed by atoms with Gasteiger partial charge in [-0.25, -0.2) is 0 Å². The molecule has 1 aromatic heterocycles. The lowest BCUT2D eigenvalue weighted by atomic mass is 10.0. The average molecular weight is 279 g/mol. The molecule has 0 fully saturated rings. The number of aromatic nitrogens is 2. The van der Waals surface area contributed by atoms with Crippen LogP contribution in [0.15, 0.2) is 32.9 Å². The highest BCUT2D eigenvalue weighted by Gasteiger charge is 2.10. The first-order valence-corrected chi connectivity index (χ1v) is 7.67. The molecule has 0 saturated heterocycles.